The zero-order valence-electron chi connectivity index (χ0n) is 13.5. The molecule has 1 aliphatic heterocycles. The molecule has 0 amide bonds. The quantitative estimate of drug-likeness (QED) is 0.876. The lowest BCUT2D eigenvalue weighted by molar-refractivity contribution is -0.196. The van der Waals surface area contributed by atoms with Gasteiger partial charge in [0.1, 0.15) is 17.5 Å². The number of aryl methyl sites for hydroxylation is 1. The lowest BCUT2D eigenvalue weighted by atomic mass is 9.67. The maximum atomic E-state index is 11.0. The minimum Gasteiger partial charge on any atom is -0.481 e. The first kappa shape index (κ1) is 15.3. The average Bonchev–Trinajstić information content (AvgIpc) is 2.93. The molecule has 128 valence electrons. The zero-order chi connectivity index (χ0) is 16.7. The van der Waals surface area contributed by atoms with Gasteiger partial charge in [-0.1, -0.05) is 5.16 Å². The highest BCUT2D eigenvalue weighted by Crippen LogP contribution is 2.47. The number of rotatable bonds is 4. The molecule has 1 saturated heterocycles. The molecule has 3 heterocycles. The summed E-state index contributed by atoms with van der Waals surface area (Å²) in [4.78, 5) is 19.4. The number of anilines is 1. The van der Waals surface area contributed by atoms with Gasteiger partial charge in [0.2, 0.25) is 0 Å². The number of fused-ring (bicyclic) bond motifs is 1. The summed E-state index contributed by atoms with van der Waals surface area (Å²) in [5, 5.41) is 17.1. The van der Waals surface area contributed by atoms with E-state index >= 15 is 0 Å². The standard InChI is InChI=1S/C16H20N4O4/c1-9-12-13(18-8-19-14(12)24-20-9)17-7-11-3-2-4-16(23-11)5-10(6-16)15(21)22/h8,10-11H,2-7H2,1H3,(H,21,22)(H,17,18,19). The molecule has 8 nitrogen and oxygen atoms in total. The molecule has 0 radical (unpaired) electrons. The molecular weight excluding hydrogens is 312 g/mol. The van der Waals surface area contributed by atoms with Crippen LogP contribution in [0.25, 0.3) is 11.1 Å². The van der Waals surface area contributed by atoms with E-state index in [0.717, 1.165) is 30.3 Å². The van der Waals surface area contributed by atoms with E-state index in [1.807, 2.05) is 6.92 Å². The topological polar surface area (TPSA) is 110 Å². The molecule has 0 bridgehead atoms. The second-order valence-electron chi connectivity index (χ2n) is 6.81. The number of ether oxygens (including phenoxy) is 1. The number of hydrogen-bond donors (Lipinski definition) is 2. The van der Waals surface area contributed by atoms with E-state index in [2.05, 4.69) is 20.4 Å². The van der Waals surface area contributed by atoms with Crippen molar-refractivity contribution in [1.29, 1.82) is 0 Å². The number of carboxylic acid groups (broad SMARTS) is 1. The van der Waals surface area contributed by atoms with E-state index in [4.69, 9.17) is 14.4 Å². The SMILES string of the molecule is Cc1noc2ncnc(NCC3CCCC4(CC(C(=O)O)C4)O3)c12. The molecule has 2 N–H and O–H groups in total. The Kier molecular flexibility index (Phi) is 3.64. The van der Waals surface area contributed by atoms with E-state index < -0.39 is 5.97 Å². The summed E-state index contributed by atoms with van der Waals surface area (Å²) >= 11 is 0. The van der Waals surface area contributed by atoms with E-state index in [9.17, 15) is 4.79 Å². The minimum atomic E-state index is -0.712. The molecular formula is C16H20N4O4. The molecule has 1 spiro atoms. The Hall–Kier alpha value is -2.22. The van der Waals surface area contributed by atoms with Crippen LogP contribution in [0.4, 0.5) is 5.82 Å². The van der Waals surface area contributed by atoms with Crippen LogP contribution in [0.2, 0.25) is 0 Å². The molecule has 24 heavy (non-hydrogen) atoms. The molecule has 2 aromatic rings. The van der Waals surface area contributed by atoms with Gasteiger partial charge in [0.25, 0.3) is 5.71 Å². The van der Waals surface area contributed by atoms with Gasteiger partial charge in [-0.2, -0.15) is 4.98 Å². The third-order valence-corrected chi connectivity index (χ3v) is 5.10. The Morgan fingerprint density at radius 1 is 1.46 bits per heavy atom. The van der Waals surface area contributed by atoms with Crippen LogP contribution in [-0.4, -0.2) is 44.5 Å². The van der Waals surface area contributed by atoms with Gasteiger partial charge in [-0.3, -0.25) is 4.79 Å². The molecule has 1 aliphatic carbocycles. The van der Waals surface area contributed by atoms with Crippen molar-refractivity contribution >= 4 is 22.9 Å². The number of nitrogens with one attached hydrogen (secondary N) is 1. The van der Waals surface area contributed by atoms with Crippen LogP contribution in [0, 0.1) is 12.8 Å². The van der Waals surface area contributed by atoms with Crippen molar-refractivity contribution < 1.29 is 19.2 Å². The van der Waals surface area contributed by atoms with E-state index in [1.165, 1.54) is 6.33 Å². The third kappa shape index (κ3) is 2.60. The van der Waals surface area contributed by atoms with E-state index in [0.29, 0.717) is 30.9 Å². The Bertz CT molecular complexity index is 769. The first-order valence-corrected chi connectivity index (χ1v) is 8.28. The van der Waals surface area contributed by atoms with Gasteiger partial charge in [0, 0.05) is 6.54 Å². The summed E-state index contributed by atoms with van der Waals surface area (Å²) in [6, 6.07) is 0. The smallest absolute Gasteiger partial charge is 0.306 e. The van der Waals surface area contributed by atoms with Crippen LogP contribution in [0.3, 0.4) is 0 Å². The van der Waals surface area contributed by atoms with E-state index in [1.54, 1.807) is 0 Å². The maximum Gasteiger partial charge on any atom is 0.306 e. The first-order chi connectivity index (χ1) is 11.6. The molecule has 1 unspecified atom stereocenters. The monoisotopic (exact) mass is 332 g/mol. The van der Waals surface area contributed by atoms with Crippen LogP contribution in [-0.2, 0) is 9.53 Å². The fourth-order valence-electron chi connectivity index (χ4n) is 3.85. The molecule has 2 fully saturated rings. The maximum absolute atomic E-state index is 11.0. The normalized spacial score (nSPS) is 29.5. The number of aliphatic carboxylic acids is 1. The second-order valence-corrected chi connectivity index (χ2v) is 6.81. The van der Waals surface area contributed by atoms with Crippen molar-refractivity contribution in [2.45, 2.75) is 50.7 Å². The van der Waals surface area contributed by atoms with Gasteiger partial charge in [-0.05, 0) is 39.0 Å². The van der Waals surface area contributed by atoms with Gasteiger partial charge < -0.3 is 19.7 Å². The molecule has 2 aliphatic rings. The largest absolute Gasteiger partial charge is 0.481 e. The van der Waals surface area contributed by atoms with Crippen molar-refractivity contribution in [2.75, 3.05) is 11.9 Å². The second kappa shape index (κ2) is 5.70. The number of nitrogens with zero attached hydrogens (tertiary/aromatic N) is 3. The van der Waals surface area contributed by atoms with Crippen molar-refractivity contribution in [2.24, 2.45) is 5.92 Å². The van der Waals surface area contributed by atoms with Crippen LogP contribution in [0.5, 0.6) is 0 Å². The summed E-state index contributed by atoms with van der Waals surface area (Å²) in [7, 11) is 0. The Balaban J connectivity index is 1.41. The molecule has 1 atom stereocenters. The zero-order valence-corrected chi connectivity index (χ0v) is 13.5. The molecule has 0 aromatic carbocycles. The predicted octanol–water partition coefficient (Wildman–Crippen LogP) is 2.14. The first-order valence-electron chi connectivity index (χ1n) is 8.28. The summed E-state index contributed by atoms with van der Waals surface area (Å²) in [5.74, 6) is -0.271. The fourth-order valence-corrected chi connectivity index (χ4v) is 3.85. The Labute approximate surface area is 138 Å². The average molecular weight is 332 g/mol. The molecule has 1 saturated carbocycles. The van der Waals surface area contributed by atoms with Crippen molar-refractivity contribution in [1.82, 2.24) is 15.1 Å². The summed E-state index contributed by atoms with van der Waals surface area (Å²) in [6.07, 6.45) is 5.73. The number of carboxylic acids is 1. The lowest BCUT2D eigenvalue weighted by Gasteiger charge is -2.50. The third-order valence-electron chi connectivity index (χ3n) is 5.10. The van der Waals surface area contributed by atoms with Gasteiger partial charge >= 0.3 is 5.97 Å². The fraction of sp³-hybridized carbons (Fsp3) is 0.625. The highest BCUT2D eigenvalue weighted by atomic mass is 16.5. The number of hydrogen-bond acceptors (Lipinski definition) is 7. The summed E-state index contributed by atoms with van der Waals surface area (Å²) < 4.78 is 11.4. The highest BCUT2D eigenvalue weighted by Gasteiger charge is 2.50. The molecule has 4 rings (SSSR count). The Morgan fingerprint density at radius 2 is 2.29 bits per heavy atom. The van der Waals surface area contributed by atoms with Crippen LogP contribution in [0.1, 0.15) is 37.8 Å². The number of carbonyl (C=O) groups is 1. The van der Waals surface area contributed by atoms with Gasteiger partial charge in [0.05, 0.1) is 23.3 Å². The van der Waals surface area contributed by atoms with Gasteiger partial charge in [0.15, 0.2) is 0 Å². The lowest BCUT2D eigenvalue weighted by Crippen LogP contribution is -2.53. The Morgan fingerprint density at radius 3 is 3.08 bits per heavy atom. The van der Waals surface area contributed by atoms with Crippen LogP contribution >= 0.6 is 0 Å². The highest BCUT2D eigenvalue weighted by molar-refractivity contribution is 5.87. The van der Waals surface area contributed by atoms with Crippen LogP contribution < -0.4 is 5.32 Å². The van der Waals surface area contributed by atoms with Gasteiger partial charge in [-0.25, -0.2) is 4.98 Å². The van der Waals surface area contributed by atoms with Crippen molar-refractivity contribution in [3.63, 3.8) is 0 Å². The molecule has 8 heteroatoms. The minimum absolute atomic E-state index is 0.0543. The number of aromatic nitrogens is 3. The summed E-state index contributed by atoms with van der Waals surface area (Å²) in [6.45, 7) is 2.48. The van der Waals surface area contributed by atoms with Crippen LogP contribution in [0.15, 0.2) is 10.9 Å². The molecule has 2 aromatic heterocycles. The van der Waals surface area contributed by atoms with Crippen molar-refractivity contribution in [3.05, 3.63) is 12.0 Å². The van der Waals surface area contributed by atoms with Crippen molar-refractivity contribution in [3.8, 4) is 0 Å². The van der Waals surface area contributed by atoms with E-state index in [-0.39, 0.29) is 17.6 Å². The predicted molar refractivity (Wildman–Crippen MR) is 84.6 cm³/mol. The summed E-state index contributed by atoms with van der Waals surface area (Å²) in [5.41, 5.74) is 0.980. The van der Waals surface area contributed by atoms with Gasteiger partial charge in [-0.15, -0.1) is 0 Å².